The average Bonchev–Trinajstić information content (AvgIpc) is 3.92. The number of para-hydroxylation sites is 3. The van der Waals surface area contributed by atoms with Gasteiger partial charge in [-0.3, -0.25) is 4.57 Å². The van der Waals surface area contributed by atoms with Gasteiger partial charge in [0.05, 0.1) is 26.8 Å². The molecule has 0 saturated carbocycles. The van der Waals surface area contributed by atoms with Crippen LogP contribution >= 0.6 is 11.3 Å². The molecule has 3 aromatic heterocycles. The fourth-order valence-corrected chi connectivity index (χ4v) is 10.2. The lowest BCUT2D eigenvalue weighted by Crippen LogP contribution is -1.98. The van der Waals surface area contributed by atoms with Crippen LogP contribution in [0.3, 0.4) is 0 Å². The fraction of sp³-hybridized carbons (Fsp3) is 0. The molecule has 0 aliphatic rings. The van der Waals surface area contributed by atoms with Crippen LogP contribution in [-0.2, 0) is 0 Å². The van der Waals surface area contributed by atoms with Crippen molar-refractivity contribution in [1.82, 2.24) is 14.1 Å². The Bertz CT molecular complexity index is 3440. The third-order valence-electron chi connectivity index (χ3n) is 11.1. The predicted molar refractivity (Wildman–Crippen MR) is 226 cm³/mol. The number of hydrogen-bond donors (Lipinski definition) is 0. The molecule has 3 heterocycles. The van der Waals surface area contributed by atoms with Gasteiger partial charge in [0.25, 0.3) is 0 Å². The Morgan fingerprint density at radius 1 is 0.377 bits per heavy atom. The molecule has 0 bridgehead atoms. The third kappa shape index (κ3) is 3.96. The van der Waals surface area contributed by atoms with Crippen molar-refractivity contribution < 1.29 is 0 Å². The molecule has 246 valence electrons. The molecular formula is C49H29N3S. The van der Waals surface area contributed by atoms with Gasteiger partial charge >= 0.3 is 0 Å². The molecule has 3 nitrogen and oxygen atoms in total. The first-order chi connectivity index (χ1) is 26.3. The van der Waals surface area contributed by atoms with Gasteiger partial charge < -0.3 is 4.57 Å². The van der Waals surface area contributed by atoms with Gasteiger partial charge in [0, 0.05) is 48.6 Å². The van der Waals surface area contributed by atoms with E-state index in [0.29, 0.717) is 0 Å². The first kappa shape index (κ1) is 28.9. The van der Waals surface area contributed by atoms with E-state index in [9.17, 15) is 0 Å². The summed E-state index contributed by atoms with van der Waals surface area (Å²) < 4.78 is 7.46. The topological polar surface area (TPSA) is 22.8 Å². The van der Waals surface area contributed by atoms with E-state index in [1.807, 2.05) is 11.3 Å². The number of benzene rings is 9. The van der Waals surface area contributed by atoms with Gasteiger partial charge in [0.1, 0.15) is 5.82 Å². The standard InChI is InChI=1S/C49H29N3S/c1-2-14-31(15-3-1)51-41-24-12-11-23-40(41)50-49(51)30-26-28-32(29-27-30)52-46-38-21-9-5-17-34(38)33-16-4-6-18-35(33)44(46)45-37-20-8-7-19-36(37)43-39-22-10-13-25-42(39)53-48(43)47(45)52/h1-29H. The van der Waals surface area contributed by atoms with Crippen LogP contribution in [0.2, 0.25) is 0 Å². The Labute approximate surface area is 308 Å². The number of fused-ring (bicyclic) bond motifs is 16. The normalized spacial score (nSPS) is 12.2. The molecule has 0 aliphatic heterocycles. The molecule has 12 aromatic rings. The maximum Gasteiger partial charge on any atom is 0.145 e. The summed E-state index contributed by atoms with van der Waals surface area (Å²) in [7, 11) is 0. The van der Waals surface area contributed by atoms with E-state index in [2.05, 4.69) is 185 Å². The molecule has 0 fully saturated rings. The highest BCUT2D eigenvalue weighted by Crippen LogP contribution is 2.51. The Kier molecular flexibility index (Phi) is 5.93. The molecule has 0 spiro atoms. The van der Waals surface area contributed by atoms with Crippen LogP contribution in [0.4, 0.5) is 0 Å². The lowest BCUT2D eigenvalue weighted by molar-refractivity contribution is 1.10. The number of imidazole rings is 1. The van der Waals surface area contributed by atoms with E-state index in [4.69, 9.17) is 4.98 Å². The van der Waals surface area contributed by atoms with Gasteiger partial charge in [-0.25, -0.2) is 4.98 Å². The summed E-state index contributed by atoms with van der Waals surface area (Å²) in [5.41, 5.74) is 7.88. The zero-order chi connectivity index (χ0) is 34.6. The van der Waals surface area contributed by atoms with Crippen LogP contribution in [-0.4, -0.2) is 14.1 Å². The van der Waals surface area contributed by atoms with E-state index >= 15 is 0 Å². The van der Waals surface area contributed by atoms with Crippen LogP contribution < -0.4 is 0 Å². The number of aromatic nitrogens is 3. The van der Waals surface area contributed by atoms with Crippen LogP contribution in [0.25, 0.3) is 108 Å². The molecule has 0 radical (unpaired) electrons. The summed E-state index contributed by atoms with van der Waals surface area (Å²) in [6.45, 7) is 0. The third-order valence-corrected chi connectivity index (χ3v) is 12.3. The zero-order valence-electron chi connectivity index (χ0n) is 28.5. The number of nitrogens with zero attached hydrogens (tertiary/aromatic N) is 3. The molecule has 4 heteroatoms. The summed E-state index contributed by atoms with van der Waals surface area (Å²) in [6, 6.07) is 63.9. The predicted octanol–water partition coefficient (Wildman–Crippen LogP) is 13.6. The fourth-order valence-electron chi connectivity index (χ4n) is 8.90. The van der Waals surface area contributed by atoms with Crippen molar-refractivity contribution >= 4 is 96.7 Å². The molecule has 0 N–H and O–H groups in total. The summed E-state index contributed by atoms with van der Waals surface area (Å²) in [6.07, 6.45) is 0. The van der Waals surface area contributed by atoms with Crippen LogP contribution in [0.15, 0.2) is 176 Å². The molecule has 0 saturated heterocycles. The van der Waals surface area contributed by atoms with Gasteiger partial charge in [-0.1, -0.05) is 121 Å². The smallest absolute Gasteiger partial charge is 0.145 e. The van der Waals surface area contributed by atoms with Crippen molar-refractivity contribution in [2.45, 2.75) is 0 Å². The Morgan fingerprint density at radius 3 is 1.66 bits per heavy atom. The molecule has 0 aliphatic carbocycles. The van der Waals surface area contributed by atoms with Crippen molar-refractivity contribution in [2.75, 3.05) is 0 Å². The number of rotatable bonds is 3. The summed E-state index contributed by atoms with van der Waals surface area (Å²) in [5, 5.41) is 12.9. The second-order valence-corrected chi connectivity index (χ2v) is 14.9. The zero-order valence-corrected chi connectivity index (χ0v) is 29.3. The molecule has 0 unspecified atom stereocenters. The van der Waals surface area contributed by atoms with Crippen LogP contribution in [0, 0.1) is 0 Å². The minimum atomic E-state index is 0.931. The molecule has 0 atom stereocenters. The molecule has 12 rings (SSSR count). The van der Waals surface area contributed by atoms with Crippen LogP contribution in [0.5, 0.6) is 0 Å². The number of hydrogen-bond acceptors (Lipinski definition) is 2. The van der Waals surface area contributed by atoms with Gasteiger partial charge in [0.2, 0.25) is 0 Å². The van der Waals surface area contributed by atoms with Crippen LogP contribution in [0.1, 0.15) is 0 Å². The SMILES string of the molecule is c1ccc(-n2c(-c3ccc(-n4c5c6ccccc6c6ccccc6c5c5c6ccccc6c6c7ccccc7sc6c54)cc3)nc3ccccc32)cc1. The van der Waals surface area contributed by atoms with Crippen molar-refractivity contribution in [3.8, 4) is 22.8 Å². The highest BCUT2D eigenvalue weighted by atomic mass is 32.1. The van der Waals surface area contributed by atoms with E-state index < -0.39 is 0 Å². The van der Waals surface area contributed by atoms with E-state index in [-0.39, 0.29) is 0 Å². The van der Waals surface area contributed by atoms with Crippen molar-refractivity contribution in [3.05, 3.63) is 176 Å². The van der Waals surface area contributed by atoms with Gasteiger partial charge in [-0.15, -0.1) is 11.3 Å². The first-order valence-electron chi connectivity index (χ1n) is 18.1. The summed E-state index contributed by atoms with van der Waals surface area (Å²) in [4.78, 5) is 5.18. The Balaban J connectivity index is 1.25. The van der Waals surface area contributed by atoms with E-state index in [0.717, 1.165) is 33.8 Å². The largest absolute Gasteiger partial charge is 0.307 e. The average molecular weight is 692 g/mol. The van der Waals surface area contributed by atoms with Crippen molar-refractivity contribution in [1.29, 1.82) is 0 Å². The number of thiophene rings is 1. The Morgan fingerprint density at radius 2 is 0.906 bits per heavy atom. The Hall–Kier alpha value is -6.75. The highest BCUT2D eigenvalue weighted by molar-refractivity contribution is 7.27. The summed E-state index contributed by atoms with van der Waals surface area (Å²) >= 11 is 1.91. The molecule has 53 heavy (non-hydrogen) atoms. The lowest BCUT2D eigenvalue weighted by Gasteiger charge is -2.14. The maximum absolute atomic E-state index is 5.18. The highest BCUT2D eigenvalue weighted by Gasteiger charge is 2.25. The second-order valence-electron chi connectivity index (χ2n) is 13.9. The van der Waals surface area contributed by atoms with Gasteiger partial charge in [-0.05, 0) is 81.5 Å². The maximum atomic E-state index is 5.18. The van der Waals surface area contributed by atoms with Crippen molar-refractivity contribution in [3.63, 3.8) is 0 Å². The van der Waals surface area contributed by atoms with E-state index in [1.54, 1.807) is 0 Å². The van der Waals surface area contributed by atoms with E-state index in [1.165, 1.54) is 74.3 Å². The minimum absolute atomic E-state index is 0.931. The lowest BCUT2D eigenvalue weighted by atomic mass is 9.94. The first-order valence-corrected chi connectivity index (χ1v) is 18.9. The molecule has 9 aromatic carbocycles. The second kappa shape index (κ2) is 10.9. The van der Waals surface area contributed by atoms with Gasteiger partial charge in [-0.2, -0.15) is 0 Å². The quantitative estimate of drug-likeness (QED) is 0.169. The minimum Gasteiger partial charge on any atom is -0.307 e. The van der Waals surface area contributed by atoms with Crippen molar-refractivity contribution in [2.24, 2.45) is 0 Å². The monoisotopic (exact) mass is 691 g/mol. The molecule has 0 amide bonds. The van der Waals surface area contributed by atoms with Gasteiger partial charge in [0.15, 0.2) is 0 Å². The molecular weight excluding hydrogens is 663 g/mol. The summed E-state index contributed by atoms with van der Waals surface area (Å²) in [5.74, 6) is 0.931.